The lowest BCUT2D eigenvalue weighted by molar-refractivity contribution is 0.852. The highest BCUT2D eigenvalue weighted by Crippen LogP contribution is 1.93. The largest absolute Gasteiger partial charge is 0.348 e. The molecule has 0 fully saturated rings. The molecule has 0 aliphatic rings. The van der Waals surface area contributed by atoms with Gasteiger partial charge in [-0.25, -0.2) is 9.78 Å². The van der Waals surface area contributed by atoms with Gasteiger partial charge in [0.1, 0.15) is 0 Å². The highest BCUT2D eigenvalue weighted by Gasteiger charge is 2.05. The molecular formula is C5H6ClN5O2. The van der Waals surface area contributed by atoms with Crippen molar-refractivity contribution in [2.24, 2.45) is 0 Å². The van der Waals surface area contributed by atoms with Gasteiger partial charge < -0.3 is 10.8 Å². The zero-order chi connectivity index (χ0) is 8.72. The fourth-order valence-electron chi connectivity index (χ4n) is 0.926. The number of H-pyrrole nitrogens is 2. The molecule has 0 unspecified atom stereocenters. The number of nitrogen functional groups attached to an aromatic ring is 1. The van der Waals surface area contributed by atoms with E-state index in [1.54, 1.807) is 0 Å². The summed E-state index contributed by atoms with van der Waals surface area (Å²) in [5.41, 5.74) is -0.866. The Hall–Kier alpha value is -1.76. The normalized spacial score (nSPS) is 9.85. The molecule has 0 bridgehead atoms. The van der Waals surface area contributed by atoms with E-state index < -0.39 is 11.2 Å². The van der Waals surface area contributed by atoms with Crippen LogP contribution in [0.15, 0.2) is 15.9 Å². The van der Waals surface area contributed by atoms with Crippen LogP contribution < -0.4 is 17.1 Å². The summed E-state index contributed by atoms with van der Waals surface area (Å²) >= 11 is 0. The van der Waals surface area contributed by atoms with Crippen LogP contribution in [-0.4, -0.2) is 19.6 Å². The SMILES string of the molecule is Cl.Nn1c(=O)[nH]c2nc[nH]c2c1=O. The molecule has 2 aromatic rings. The van der Waals surface area contributed by atoms with Crippen LogP contribution in [0.25, 0.3) is 11.2 Å². The molecule has 0 aromatic carbocycles. The molecule has 0 saturated carbocycles. The van der Waals surface area contributed by atoms with Crippen molar-refractivity contribution < 1.29 is 0 Å². The number of fused-ring (bicyclic) bond motifs is 1. The van der Waals surface area contributed by atoms with Crippen LogP contribution in [0.1, 0.15) is 0 Å². The first kappa shape index (κ1) is 9.33. The summed E-state index contributed by atoms with van der Waals surface area (Å²) in [6.45, 7) is 0. The average molecular weight is 204 g/mol. The molecule has 0 amide bonds. The molecule has 8 heteroatoms. The van der Waals surface area contributed by atoms with E-state index in [4.69, 9.17) is 5.84 Å². The second-order valence-electron chi connectivity index (χ2n) is 2.23. The van der Waals surface area contributed by atoms with Crippen molar-refractivity contribution in [3.8, 4) is 0 Å². The Bertz CT molecular complexity index is 538. The van der Waals surface area contributed by atoms with Crippen molar-refractivity contribution in [2.45, 2.75) is 0 Å². The van der Waals surface area contributed by atoms with E-state index in [1.165, 1.54) is 6.33 Å². The van der Waals surface area contributed by atoms with Crippen LogP contribution in [0.2, 0.25) is 0 Å². The zero-order valence-electron chi connectivity index (χ0n) is 6.27. The smallest absolute Gasteiger partial charge is 0.339 e. The highest BCUT2D eigenvalue weighted by molar-refractivity contribution is 5.85. The molecule has 0 aliphatic carbocycles. The predicted molar refractivity (Wildman–Crippen MR) is 48.4 cm³/mol. The van der Waals surface area contributed by atoms with Crippen LogP contribution in [0.3, 0.4) is 0 Å². The van der Waals surface area contributed by atoms with Crippen LogP contribution in [0, 0.1) is 0 Å². The van der Waals surface area contributed by atoms with Crippen molar-refractivity contribution >= 4 is 23.6 Å². The van der Waals surface area contributed by atoms with E-state index in [1.807, 2.05) is 0 Å². The maximum absolute atomic E-state index is 11.2. The number of hydrogen-bond acceptors (Lipinski definition) is 4. The summed E-state index contributed by atoms with van der Waals surface area (Å²) in [6.07, 6.45) is 1.31. The number of nitrogens with two attached hydrogens (primary N) is 1. The minimum atomic E-state index is -0.681. The lowest BCUT2D eigenvalue weighted by Gasteiger charge is -1.93. The summed E-state index contributed by atoms with van der Waals surface area (Å²) in [7, 11) is 0. The molecule has 0 atom stereocenters. The third-order valence-electron chi connectivity index (χ3n) is 1.52. The molecular weight excluding hydrogens is 198 g/mol. The minimum absolute atomic E-state index is 0. The van der Waals surface area contributed by atoms with E-state index in [0.717, 1.165) is 0 Å². The molecule has 2 rings (SSSR count). The maximum Gasteiger partial charge on any atom is 0.348 e. The Kier molecular flexibility index (Phi) is 2.11. The number of aromatic nitrogens is 4. The van der Waals surface area contributed by atoms with E-state index in [2.05, 4.69) is 15.0 Å². The Morgan fingerprint density at radius 2 is 2.15 bits per heavy atom. The summed E-state index contributed by atoms with van der Waals surface area (Å²) in [4.78, 5) is 30.6. The fraction of sp³-hybridized carbons (Fsp3) is 0. The van der Waals surface area contributed by atoms with Gasteiger partial charge in [0, 0.05) is 0 Å². The number of imidazole rings is 1. The van der Waals surface area contributed by atoms with Crippen LogP contribution in [0.5, 0.6) is 0 Å². The van der Waals surface area contributed by atoms with Crippen molar-refractivity contribution in [3.05, 3.63) is 27.2 Å². The van der Waals surface area contributed by atoms with E-state index in [-0.39, 0.29) is 23.6 Å². The number of nitrogens with zero attached hydrogens (tertiary/aromatic N) is 2. The second-order valence-corrected chi connectivity index (χ2v) is 2.23. The maximum atomic E-state index is 11.2. The predicted octanol–water partition coefficient (Wildman–Crippen LogP) is -1.45. The first-order chi connectivity index (χ1) is 5.70. The van der Waals surface area contributed by atoms with Gasteiger partial charge >= 0.3 is 11.2 Å². The number of nitrogens with one attached hydrogen (secondary N) is 2. The molecule has 13 heavy (non-hydrogen) atoms. The Labute approximate surface area is 77.0 Å². The average Bonchev–Trinajstić information content (AvgIpc) is 2.48. The Morgan fingerprint density at radius 1 is 1.46 bits per heavy atom. The Balaban J connectivity index is 0.000000845. The lowest BCUT2D eigenvalue weighted by atomic mass is 10.5. The molecule has 4 N–H and O–H groups in total. The summed E-state index contributed by atoms with van der Waals surface area (Å²) in [5, 5.41) is 0. The van der Waals surface area contributed by atoms with Crippen LogP contribution in [0.4, 0.5) is 0 Å². The molecule has 0 radical (unpaired) electrons. The van der Waals surface area contributed by atoms with Gasteiger partial charge in [-0.05, 0) is 0 Å². The first-order valence-electron chi connectivity index (χ1n) is 3.13. The van der Waals surface area contributed by atoms with Gasteiger partial charge in [0.25, 0.3) is 0 Å². The second kappa shape index (κ2) is 2.94. The molecule has 7 nitrogen and oxygen atoms in total. The summed E-state index contributed by atoms with van der Waals surface area (Å²) in [5.74, 6) is 5.12. The van der Waals surface area contributed by atoms with Gasteiger partial charge in [0.05, 0.1) is 6.33 Å². The van der Waals surface area contributed by atoms with Crippen molar-refractivity contribution in [2.75, 3.05) is 5.84 Å². The number of halogens is 1. The van der Waals surface area contributed by atoms with Gasteiger partial charge in [0.15, 0.2) is 11.2 Å². The highest BCUT2D eigenvalue weighted by atomic mass is 35.5. The van der Waals surface area contributed by atoms with Crippen LogP contribution >= 0.6 is 12.4 Å². The first-order valence-corrected chi connectivity index (χ1v) is 3.13. The lowest BCUT2D eigenvalue weighted by Crippen LogP contribution is -2.40. The summed E-state index contributed by atoms with van der Waals surface area (Å²) < 4.78 is 0.487. The van der Waals surface area contributed by atoms with Crippen molar-refractivity contribution in [1.82, 2.24) is 19.6 Å². The van der Waals surface area contributed by atoms with Gasteiger partial charge in [-0.15, -0.1) is 12.4 Å². The molecule has 0 spiro atoms. The van der Waals surface area contributed by atoms with E-state index in [9.17, 15) is 9.59 Å². The van der Waals surface area contributed by atoms with E-state index >= 15 is 0 Å². The van der Waals surface area contributed by atoms with Crippen molar-refractivity contribution in [3.63, 3.8) is 0 Å². The topological polar surface area (TPSA) is 110 Å². The summed E-state index contributed by atoms with van der Waals surface area (Å²) in [6, 6.07) is 0. The number of aromatic amines is 2. The Morgan fingerprint density at radius 3 is 2.85 bits per heavy atom. The van der Waals surface area contributed by atoms with Gasteiger partial charge in [-0.1, -0.05) is 0 Å². The quantitative estimate of drug-likeness (QED) is 0.455. The van der Waals surface area contributed by atoms with Gasteiger partial charge in [-0.3, -0.25) is 9.78 Å². The fourth-order valence-corrected chi connectivity index (χ4v) is 0.926. The van der Waals surface area contributed by atoms with Crippen LogP contribution in [-0.2, 0) is 0 Å². The van der Waals surface area contributed by atoms with Gasteiger partial charge in [-0.2, -0.15) is 4.68 Å². The monoisotopic (exact) mass is 203 g/mol. The van der Waals surface area contributed by atoms with Gasteiger partial charge in [0.2, 0.25) is 0 Å². The van der Waals surface area contributed by atoms with Crippen molar-refractivity contribution in [1.29, 1.82) is 0 Å². The zero-order valence-corrected chi connectivity index (χ0v) is 7.09. The number of hydrogen-bond donors (Lipinski definition) is 3. The minimum Gasteiger partial charge on any atom is -0.339 e. The molecule has 70 valence electrons. The number of rotatable bonds is 0. The molecule has 0 aliphatic heterocycles. The molecule has 0 saturated heterocycles. The third kappa shape index (κ3) is 1.18. The standard InChI is InChI=1S/C5H5N5O2.ClH/c6-10-4(11)2-3(8-1-7-2)9-5(10)12;/h1H,6H2,(H,7,8)(H,9,12);1H. The molecule has 2 heterocycles. The third-order valence-corrected chi connectivity index (χ3v) is 1.52. The molecule has 2 aromatic heterocycles. The van der Waals surface area contributed by atoms with E-state index in [0.29, 0.717) is 4.68 Å².